The number of hydrogen-bond donors (Lipinski definition) is 2. The van der Waals surface area contributed by atoms with E-state index in [1.165, 1.54) is 7.11 Å². The predicted molar refractivity (Wildman–Crippen MR) is 61.4 cm³/mol. The molecule has 0 radical (unpaired) electrons. The van der Waals surface area contributed by atoms with Crippen LogP contribution in [-0.4, -0.2) is 18.8 Å². The Bertz CT molecular complexity index is 352. The van der Waals surface area contributed by atoms with Crippen LogP contribution in [0.2, 0.25) is 0 Å². The molecule has 0 fully saturated rings. The molecule has 0 bridgehead atoms. The molecular formula is C11H14ClNO2. The number of phenols is 1. The molecule has 3 nitrogen and oxygen atoms in total. The van der Waals surface area contributed by atoms with Crippen molar-refractivity contribution in [3.8, 4) is 11.5 Å². The van der Waals surface area contributed by atoms with Crippen LogP contribution >= 0.6 is 11.6 Å². The molecule has 0 saturated carbocycles. The molecule has 0 aromatic heterocycles. The molecular weight excluding hydrogens is 214 g/mol. The summed E-state index contributed by atoms with van der Waals surface area (Å²) >= 11 is 5.61. The number of benzene rings is 1. The first-order chi connectivity index (χ1) is 7.13. The molecule has 0 heterocycles. The van der Waals surface area contributed by atoms with Gasteiger partial charge in [-0.1, -0.05) is 24.2 Å². The predicted octanol–water partition coefficient (Wildman–Crippen LogP) is 2.24. The maximum absolute atomic E-state index is 9.37. The Labute approximate surface area is 94.3 Å². The fourth-order valence-electron chi connectivity index (χ4n) is 1.17. The summed E-state index contributed by atoms with van der Waals surface area (Å²) in [6.07, 6.45) is 0. The Morgan fingerprint density at radius 3 is 2.93 bits per heavy atom. The topological polar surface area (TPSA) is 41.5 Å². The molecule has 82 valence electrons. The summed E-state index contributed by atoms with van der Waals surface area (Å²) in [7, 11) is 1.52. The Hall–Kier alpha value is -1.19. The third-order valence-corrected chi connectivity index (χ3v) is 2.02. The highest BCUT2D eigenvalue weighted by Gasteiger charge is 2.02. The number of hydrogen-bond acceptors (Lipinski definition) is 3. The summed E-state index contributed by atoms with van der Waals surface area (Å²) in [5.74, 6) is 0.613. The summed E-state index contributed by atoms with van der Waals surface area (Å²) in [6, 6.07) is 5.20. The van der Waals surface area contributed by atoms with Crippen LogP contribution in [0.1, 0.15) is 5.56 Å². The van der Waals surface area contributed by atoms with Crippen LogP contribution in [0.4, 0.5) is 0 Å². The average molecular weight is 228 g/mol. The standard InChI is InChI=1S/C11H14ClNO2/c1-8(12)6-13-7-9-3-4-10(14)11(5-9)15-2/h3-5,13-14H,1,6-7H2,2H3. The van der Waals surface area contributed by atoms with Gasteiger partial charge >= 0.3 is 0 Å². The van der Waals surface area contributed by atoms with Crippen molar-refractivity contribution in [3.05, 3.63) is 35.4 Å². The van der Waals surface area contributed by atoms with Crippen LogP contribution in [0.25, 0.3) is 0 Å². The molecule has 0 unspecified atom stereocenters. The second kappa shape index (κ2) is 5.63. The van der Waals surface area contributed by atoms with Crippen molar-refractivity contribution in [2.75, 3.05) is 13.7 Å². The van der Waals surface area contributed by atoms with Crippen molar-refractivity contribution in [1.29, 1.82) is 0 Å². The van der Waals surface area contributed by atoms with Crippen LogP contribution < -0.4 is 10.1 Å². The largest absolute Gasteiger partial charge is 0.504 e. The molecule has 1 aromatic carbocycles. The zero-order valence-corrected chi connectivity index (χ0v) is 9.34. The van der Waals surface area contributed by atoms with Gasteiger partial charge in [0.15, 0.2) is 11.5 Å². The van der Waals surface area contributed by atoms with Crippen LogP contribution in [0.3, 0.4) is 0 Å². The highest BCUT2D eigenvalue weighted by atomic mass is 35.5. The van der Waals surface area contributed by atoms with E-state index in [0.717, 1.165) is 5.56 Å². The highest BCUT2D eigenvalue weighted by Crippen LogP contribution is 2.26. The number of phenolic OH excluding ortho intramolecular Hbond substituents is 1. The Kier molecular flexibility index (Phi) is 4.46. The summed E-state index contributed by atoms with van der Waals surface area (Å²) < 4.78 is 4.99. The van der Waals surface area contributed by atoms with Gasteiger partial charge < -0.3 is 15.2 Å². The molecule has 0 aliphatic carbocycles. The number of nitrogens with one attached hydrogen (secondary N) is 1. The van der Waals surface area contributed by atoms with Crippen LogP contribution in [-0.2, 0) is 6.54 Å². The lowest BCUT2D eigenvalue weighted by atomic mass is 10.2. The van der Waals surface area contributed by atoms with Crippen molar-refractivity contribution in [2.45, 2.75) is 6.54 Å². The molecule has 0 saturated heterocycles. The molecule has 1 rings (SSSR count). The van der Waals surface area contributed by atoms with Crippen molar-refractivity contribution >= 4 is 11.6 Å². The van der Waals surface area contributed by atoms with E-state index in [1.807, 2.05) is 6.07 Å². The van der Waals surface area contributed by atoms with Gasteiger partial charge in [-0.05, 0) is 17.7 Å². The van der Waals surface area contributed by atoms with E-state index in [9.17, 15) is 5.11 Å². The van der Waals surface area contributed by atoms with Crippen molar-refractivity contribution in [3.63, 3.8) is 0 Å². The lowest BCUT2D eigenvalue weighted by Crippen LogP contribution is -2.14. The number of methoxy groups -OCH3 is 1. The smallest absolute Gasteiger partial charge is 0.160 e. The zero-order chi connectivity index (χ0) is 11.3. The summed E-state index contributed by atoms with van der Waals surface area (Å²) in [4.78, 5) is 0. The molecule has 0 spiro atoms. The van der Waals surface area contributed by atoms with E-state index in [2.05, 4.69) is 11.9 Å². The van der Waals surface area contributed by atoms with E-state index >= 15 is 0 Å². The quantitative estimate of drug-likeness (QED) is 0.811. The molecule has 0 aliphatic rings. The molecule has 2 N–H and O–H groups in total. The fraction of sp³-hybridized carbons (Fsp3) is 0.273. The molecule has 1 aromatic rings. The number of ether oxygens (including phenoxy) is 1. The Balaban J connectivity index is 2.58. The van der Waals surface area contributed by atoms with E-state index < -0.39 is 0 Å². The fourth-order valence-corrected chi connectivity index (χ4v) is 1.27. The maximum atomic E-state index is 9.37. The van der Waals surface area contributed by atoms with E-state index in [1.54, 1.807) is 12.1 Å². The molecule has 0 aliphatic heterocycles. The van der Waals surface area contributed by atoms with Crippen molar-refractivity contribution < 1.29 is 9.84 Å². The number of aromatic hydroxyl groups is 1. The molecule has 0 atom stereocenters. The van der Waals surface area contributed by atoms with Gasteiger partial charge in [-0.25, -0.2) is 0 Å². The minimum absolute atomic E-state index is 0.142. The third kappa shape index (κ3) is 3.81. The van der Waals surface area contributed by atoms with Crippen LogP contribution in [0.5, 0.6) is 11.5 Å². The number of halogens is 1. The summed E-state index contributed by atoms with van der Waals surface area (Å²) in [5.41, 5.74) is 1.02. The van der Waals surface area contributed by atoms with Gasteiger partial charge in [0, 0.05) is 18.1 Å². The van der Waals surface area contributed by atoms with Gasteiger partial charge in [0.05, 0.1) is 7.11 Å². The Morgan fingerprint density at radius 1 is 1.60 bits per heavy atom. The monoisotopic (exact) mass is 227 g/mol. The second-order valence-electron chi connectivity index (χ2n) is 3.13. The first-order valence-electron chi connectivity index (χ1n) is 4.53. The van der Waals surface area contributed by atoms with Gasteiger partial charge in [0.25, 0.3) is 0 Å². The van der Waals surface area contributed by atoms with E-state index in [0.29, 0.717) is 23.9 Å². The first-order valence-corrected chi connectivity index (χ1v) is 4.91. The lowest BCUT2D eigenvalue weighted by Gasteiger charge is -2.07. The molecule has 0 amide bonds. The summed E-state index contributed by atoms with van der Waals surface area (Å²) in [6.45, 7) is 4.79. The number of rotatable bonds is 5. The first kappa shape index (κ1) is 11.9. The minimum atomic E-state index is 0.142. The Morgan fingerprint density at radius 2 is 2.33 bits per heavy atom. The molecule has 15 heavy (non-hydrogen) atoms. The van der Waals surface area contributed by atoms with Gasteiger partial charge in [-0.2, -0.15) is 0 Å². The van der Waals surface area contributed by atoms with Gasteiger partial charge in [-0.3, -0.25) is 0 Å². The third-order valence-electron chi connectivity index (χ3n) is 1.89. The van der Waals surface area contributed by atoms with Gasteiger partial charge in [-0.15, -0.1) is 0 Å². The van der Waals surface area contributed by atoms with Crippen molar-refractivity contribution in [1.82, 2.24) is 5.32 Å². The van der Waals surface area contributed by atoms with Crippen molar-refractivity contribution in [2.24, 2.45) is 0 Å². The van der Waals surface area contributed by atoms with Gasteiger partial charge in [0.1, 0.15) is 0 Å². The van der Waals surface area contributed by atoms with E-state index in [4.69, 9.17) is 16.3 Å². The van der Waals surface area contributed by atoms with E-state index in [-0.39, 0.29) is 5.75 Å². The highest BCUT2D eigenvalue weighted by molar-refractivity contribution is 6.29. The van der Waals surface area contributed by atoms with Crippen LogP contribution in [0.15, 0.2) is 29.8 Å². The summed E-state index contributed by atoms with van der Waals surface area (Å²) in [5, 5.41) is 13.0. The average Bonchev–Trinajstić information content (AvgIpc) is 2.20. The second-order valence-corrected chi connectivity index (χ2v) is 3.66. The zero-order valence-electron chi connectivity index (χ0n) is 8.59. The normalized spacial score (nSPS) is 10.0. The molecule has 4 heteroatoms. The van der Waals surface area contributed by atoms with Gasteiger partial charge in [0.2, 0.25) is 0 Å². The maximum Gasteiger partial charge on any atom is 0.160 e. The lowest BCUT2D eigenvalue weighted by molar-refractivity contribution is 0.373. The minimum Gasteiger partial charge on any atom is -0.504 e. The SMILES string of the molecule is C=C(Cl)CNCc1ccc(O)c(OC)c1. The van der Waals surface area contributed by atoms with Crippen LogP contribution in [0, 0.1) is 0 Å².